The highest BCUT2D eigenvalue weighted by Crippen LogP contribution is 2.36. The topological polar surface area (TPSA) is 67.9 Å². The van der Waals surface area contributed by atoms with Crippen LogP contribution in [0.15, 0.2) is 64.9 Å². The Hall–Kier alpha value is -2.55. The first-order chi connectivity index (χ1) is 14.5. The third-order valence-electron chi connectivity index (χ3n) is 5.30. The second-order valence-corrected chi connectivity index (χ2v) is 9.72. The van der Waals surface area contributed by atoms with Gasteiger partial charge < -0.3 is 14.4 Å². The van der Waals surface area contributed by atoms with Crippen LogP contribution in [0.1, 0.15) is 16.5 Å². The van der Waals surface area contributed by atoms with Crippen molar-refractivity contribution in [3.8, 4) is 11.5 Å². The van der Waals surface area contributed by atoms with Crippen molar-refractivity contribution in [2.24, 2.45) is 0 Å². The molecule has 8 heteroatoms. The Morgan fingerprint density at radius 1 is 1.07 bits per heavy atom. The minimum absolute atomic E-state index is 0.0800. The van der Waals surface area contributed by atoms with Crippen LogP contribution in [-0.4, -0.2) is 35.7 Å². The molecule has 1 aliphatic heterocycles. The highest BCUT2D eigenvalue weighted by molar-refractivity contribution is 7.89. The molecular formula is C22H24N2O4S2. The Bertz CT molecular complexity index is 1110. The highest BCUT2D eigenvalue weighted by Gasteiger charge is 2.29. The van der Waals surface area contributed by atoms with E-state index in [1.165, 1.54) is 37.6 Å². The average Bonchev–Trinajstić information content (AvgIpc) is 3.44. The smallest absolute Gasteiger partial charge is 0.240 e. The lowest BCUT2D eigenvalue weighted by Crippen LogP contribution is -2.37. The van der Waals surface area contributed by atoms with Crippen LogP contribution < -0.4 is 19.1 Å². The van der Waals surface area contributed by atoms with Crippen LogP contribution in [-0.2, 0) is 16.4 Å². The molecule has 0 spiro atoms. The third kappa shape index (κ3) is 4.03. The lowest BCUT2D eigenvalue weighted by molar-refractivity contribution is 0.354. The van der Waals surface area contributed by atoms with Crippen molar-refractivity contribution in [3.63, 3.8) is 0 Å². The monoisotopic (exact) mass is 444 g/mol. The van der Waals surface area contributed by atoms with Gasteiger partial charge in [0.05, 0.1) is 25.2 Å². The second kappa shape index (κ2) is 8.67. The molecule has 0 bridgehead atoms. The normalized spacial score (nSPS) is 14.4. The number of ether oxygens (including phenoxy) is 2. The summed E-state index contributed by atoms with van der Waals surface area (Å²) in [5.41, 5.74) is 2.46. The van der Waals surface area contributed by atoms with Crippen LogP contribution >= 0.6 is 11.3 Å². The number of fused-ring (bicyclic) bond motifs is 1. The minimum Gasteiger partial charge on any atom is -0.493 e. The highest BCUT2D eigenvalue weighted by atomic mass is 32.2. The Kier molecular flexibility index (Phi) is 5.99. The first kappa shape index (κ1) is 20.7. The first-order valence-electron chi connectivity index (χ1n) is 9.63. The molecule has 2 aromatic carbocycles. The number of benzene rings is 2. The average molecular weight is 445 g/mol. The zero-order valence-electron chi connectivity index (χ0n) is 16.9. The molecule has 1 N–H and O–H groups in total. The largest absolute Gasteiger partial charge is 0.493 e. The van der Waals surface area contributed by atoms with Gasteiger partial charge in [-0.25, -0.2) is 13.1 Å². The molecule has 1 aromatic heterocycles. The maximum atomic E-state index is 13.0. The summed E-state index contributed by atoms with van der Waals surface area (Å²) in [6.07, 6.45) is 0.959. The standard InChI is InChI=1S/C22H24N2O4S2/c1-27-20-10-9-17(14-21(20)28-2)30(25,26)23-15-19(22-8-5-13-29-22)24-12-11-16-6-3-4-7-18(16)24/h3-10,13-14,19,23H,11-12,15H2,1-2H3. The van der Waals surface area contributed by atoms with Gasteiger partial charge in [0.25, 0.3) is 0 Å². The SMILES string of the molecule is COc1ccc(S(=O)(=O)NCC(c2cccs2)N2CCc3ccccc32)cc1OC. The molecule has 1 aliphatic rings. The predicted molar refractivity (Wildman–Crippen MR) is 119 cm³/mol. The summed E-state index contributed by atoms with van der Waals surface area (Å²) in [5.74, 6) is 0.866. The number of anilines is 1. The fourth-order valence-electron chi connectivity index (χ4n) is 3.79. The zero-order valence-corrected chi connectivity index (χ0v) is 18.5. The molecule has 0 aliphatic carbocycles. The summed E-state index contributed by atoms with van der Waals surface area (Å²) in [6, 6.07) is 16.9. The van der Waals surface area contributed by atoms with E-state index in [0.717, 1.165) is 17.8 Å². The molecule has 30 heavy (non-hydrogen) atoms. The number of nitrogens with one attached hydrogen (secondary N) is 1. The summed E-state index contributed by atoms with van der Waals surface area (Å²) >= 11 is 1.64. The molecule has 0 saturated heterocycles. The van der Waals surface area contributed by atoms with Crippen molar-refractivity contribution in [1.82, 2.24) is 4.72 Å². The summed E-state index contributed by atoms with van der Waals surface area (Å²) < 4.78 is 39.3. The van der Waals surface area contributed by atoms with Crippen molar-refractivity contribution >= 4 is 27.0 Å². The van der Waals surface area contributed by atoms with E-state index in [2.05, 4.69) is 27.8 Å². The van der Waals surface area contributed by atoms with Crippen LogP contribution in [0.5, 0.6) is 11.5 Å². The molecule has 3 aromatic rings. The summed E-state index contributed by atoms with van der Waals surface area (Å²) in [7, 11) is -0.715. The molecule has 2 heterocycles. The Morgan fingerprint density at radius 3 is 2.60 bits per heavy atom. The van der Waals surface area contributed by atoms with Gasteiger partial charge in [-0.2, -0.15) is 0 Å². The Balaban J connectivity index is 1.59. The zero-order chi connectivity index (χ0) is 21.1. The van der Waals surface area contributed by atoms with E-state index < -0.39 is 10.0 Å². The minimum atomic E-state index is -3.72. The number of para-hydroxylation sites is 1. The van der Waals surface area contributed by atoms with Crippen molar-refractivity contribution in [2.45, 2.75) is 17.4 Å². The number of sulfonamides is 1. The van der Waals surface area contributed by atoms with Gasteiger partial charge in [0, 0.05) is 29.7 Å². The Morgan fingerprint density at radius 2 is 1.87 bits per heavy atom. The summed E-state index contributed by atoms with van der Waals surface area (Å²) in [6.45, 7) is 1.13. The van der Waals surface area contributed by atoms with E-state index in [1.54, 1.807) is 17.4 Å². The fraction of sp³-hybridized carbons (Fsp3) is 0.273. The van der Waals surface area contributed by atoms with Crippen LogP contribution in [0, 0.1) is 0 Å². The van der Waals surface area contributed by atoms with Gasteiger partial charge in [0.2, 0.25) is 10.0 Å². The molecule has 0 amide bonds. The van der Waals surface area contributed by atoms with Gasteiger partial charge in [-0.3, -0.25) is 0 Å². The maximum Gasteiger partial charge on any atom is 0.240 e. The Labute approximate surface area is 181 Å². The molecule has 158 valence electrons. The van der Waals surface area contributed by atoms with E-state index in [4.69, 9.17) is 9.47 Å². The summed E-state index contributed by atoms with van der Waals surface area (Å²) in [4.78, 5) is 3.56. The molecule has 6 nitrogen and oxygen atoms in total. The molecule has 1 atom stereocenters. The molecule has 0 radical (unpaired) electrons. The van der Waals surface area contributed by atoms with Crippen LogP contribution in [0.3, 0.4) is 0 Å². The number of rotatable bonds is 8. The van der Waals surface area contributed by atoms with Crippen molar-refractivity contribution in [2.75, 3.05) is 32.2 Å². The quantitative estimate of drug-likeness (QED) is 0.572. The molecule has 4 rings (SSSR count). The van der Waals surface area contributed by atoms with Crippen molar-refractivity contribution in [3.05, 3.63) is 70.4 Å². The fourth-order valence-corrected chi connectivity index (χ4v) is 5.68. The van der Waals surface area contributed by atoms with Gasteiger partial charge in [-0.15, -0.1) is 11.3 Å². The van der Waals surface area contributed by atoms with Gasteiger partial charge in [-0.1, -0.05) is 24.3 Å². The van der Waals surface area contributed by atoms with Crippen LogP contribution in [0.4, 0.5) is 5.69 Å². The van der Waals surface area contributed by atoms with Gasteiger partial charge in [0.15, 0.2) is 11.5 Å². The lowest BCUT2D eigenvalue weighted by Gasteiger charge is -2.30. The van der Waals surface area contributed by atoms with Crippen LogP contribution in [0.2, 0.25) is 0 Å². The van der Waals surface area contributed by atoms with E-state index >= 15 is 0 Å². The van der Waals surface area contributed by atoms with E-state index in [-0.39, 0.29) is 17.5 Å². The number of thiophene rings is 1. The van der Waals surface area contributed by atoms with Crippen molar-refractivity contribution in [1.29, 1.82) is 0 Å². The van der Waals surface area contributed by atoms with E-state index in [0.29, 0.717) is 11.5 Å². The molecule has 1 unspecified atom stereocenters. The maximum absolute atomic E-state index is 13.0. The second-order valence-electron chi connectivity index (χ2n) is 6.97. The molecular weight excluding hydrogens is 420 g/mol. The van der Waals surface area contributed by atoms with Gasteiger partial charge in [-0.05, 0) is 41.6 Å². The number of hydrogen-bond acceptors (Lipinski definition) is 6. The van der Waals surface area contributed by atoms with Crippen LogP contribution in [0.25, 0.3) is 0 Å². The van der Waals surface area contributed by atoms with E-state index in [1.807, 2.05) is 23.6 Å². The molecule has 0 fully saturated rings. The molecule has 0 saturated carbocycles. The number of methoxy groups -OCH3 is 2. The summed E-state index contributed by atoms with van der Waals surface area (Å²) in [5, 5.41) is 2.02. The van der Waals surface area contributed by atoms with Crippen molar-refractivity contribution < 1.29 is 17.9 Å². The predicted octanol–water partition coefficient (Wildman–Crippen LogP) is 3.85. The third-order valence-corrected chi connectivity index (χ3v) is 7.70. The number of hydrogen-bond donors (Lipinski definition) is 1. The first-order valence-corrected chi connectivity index (χ1v) is 12.0. The van der Waals surface area contributed by atoms with E-state index in [9.17, 15) is 8.42 Å². The van der Waals surface area contributed by atoms with Gasteiger partial charge >= 0.3 is 0 Å². The lowest BCUT2D eigenvalue weighted by atomic mass is 10.1. The van der Waals surface area contributed by atoms with Gasteiger partial charge in [0.1, 0.15) is 0 Å². The number of nitrogens with zero attached hydrogens (tertiary/aromatic N) is 1.